The third-order valence-corrected chi connectivity index (χ3v) is 3.98. The van der Waals surface area contributed by atoms with E-state index >= 15 is 0 Å². The van der Waals surface area contributed by atoms with Gasteiger partial charge in [0, 0.05) is 24.5 Å². The number of likely N-dealkylation sites (tertiary alicyclic amines) is 1. The Labute approximate surface area is 125 Å². The van der Waals surface area contributed by atoms with Crippen LogP contribution in [0.4, 0.5) is 0 Å². The third-order valence-electron chi connectivity index (χ3n) is 3.73. The molecule has 0 saturated carbocycles. The Morgan fingerprint density at radius 1 is 1.30 bits per heavy atom. The van der Waals surface area contributed by atoms with Gasteiger partial charge < -0.3 is 9.64 Å². The third kappa shape index (κ3) is 4.41. The molecule has 1 fully saturated rings. The van der Waals surface area contributed by atoms with Crippen molar-refractivity contribution >= 4 is 17.5 Å². The minimum absolute atomic E-state index is 0.296. The molecular formula is C16H22ClNO2. The fourth-order valence-electron chi connectivity index (χ4n) is 2.47. The highest BCUT2D eigenvalue weighted by Gasteiger charge is 2.22. The van der Waals surface area contributed by atoms with Crippen LogP contribution in [0.15, 0.2) is 24.3 Å². The summed E-state index contributed by atoms with van der Waals surface area (Å²) in [7, 11) is 0. The lowest BCUT2D eigenvalue weighted by molar-refractivity contribution is -0.132. The van der Waals surface area contributed by atoms with Gasteiger partial charge in [0.25, 0.3) is 0 Å². The van der Waals surface area contributed by atoms with Crippen molar-refractivity contribution < 1.29 is 9.53 Å². The van der Waals surface area contributed by atoms with Crippen molar-refractivity contribution in [2.24, 2.45) is 5.92 Å². The fourth-order valence-corrected chi connectivity index (χ4v) is 2.59. The Morgan fingerprint density at radius 2 is 1.95 bits per heavy atom. The summed E-state index contributed by atoms with van der Waals surface area (Å²) < 4.78 is 5.78. The van der Waals surface area contributed by atoms with Crippen LogP contribution in [0.1, 0.15) is 32.6 Å². The number of carbonyl (C=O) groups is 1. The number of benzene rings is 1. The molecule has 3 nitrogen and oxygen atoms in total. The van der Waals surface area contributed by atoms with Gasteiger partial charge in [-0.3, -0.25) is 4.79 Å². The molecule has 110 valence electrons. The summed E-state index contributed by atoms with van der Waals surface area (Å²) >= 11 is 5.84. The highest BCUT2D eigenvalue weighted by Crippen LogP contribution is 2.21. The van der Waals surface area contributed by atoms with Crippen molar-refractivity contribution in [1.29, 1.82) is 0 Å². The molecular weight excluding hydrogens is 274 g/mol. The largest absolute Gasteiger partial charge is 0.493 e. The van der Waals surface area contributed by atoms with Crippen LogP contribution in [0.25, 0.3) is 0 Å². The Kier molecular flexibility index (Phi) is 5.72. The molecule has 0 radical (unpaired) electrons. The highest BCUT2D eigenvalue weighted by molar-refractivity contribution is 6.30. The Hall–Kier alpha value is -1.22. The summed E-state index contributed by atoms with van der Waals surface area (Å²) in [5.74, 6) is 1.69. The number of carbonyl (C=O) groups excluding carboxylic acids is 1. The fraction of sp³-hybridized carbons (Fsp3) is 0.562. The normalized spacial score (nSPS) is 16.2. The Bertz CT molecular complexity index is 425. The van der Waals surface area contributed by atoms with Gasteiger partial charge in [-0.2, -0.15) is 0 Å². The van der Waals surface area contributed by atoms with Gasteiger partial charge in [-0.25, -0.2) is 0 Å². The molecule has 20 heavy (non-hydrogen) atoms. The first kappa shape index (κ1) is 15.2. The van der Waals surface area contributed by atoms with Crippen molar-refractivity contribution in [3.8, 4) is 5.75 Å². The van der Waals surface area contributed by atoms with E-state index in [0.717, 1.165) is 49.7 Å². The van der Waals surface area contributed by atoms with Gasteiger partial charge in [0.05, 0.1) is 6.61 Å². The van der Waals surface area contributed by atoms with Crippen LogP contribution >= 0.6 is 11.6 Å². The molecule has 2 rings (SSSR count). The van der Waals surface area contributed by atoms with Crippen LogP contribution in [-0.2, 0) is 4.79 Å². The molecule has 0 aromatic heterocycles. The van der Waals surface area contributed by atoms with Crippen molar-refractivity contribution in [2.45, 2.75) is 32.6 Å². The average Bonchev–Trinajstić information content (AvgIpc) is 2.47. The SMILES string of the molecule is CCCC(=O)N1CCC(COc2ccc(Cl)cc2)CC1. The summed E-state index contributed by atoms with van der Waals surface area (Å²) in [6, 6.07) is 7.45. The molecule has 0 spiro atoms. The van der Waals surface area contributed by atoms with E-state index in [9.17, 15) is 4.79 Å². The summed E-state index contributed by atoms with van der Waals surface area (Å²) in [6.45, 7) is 4.50. The predicted molar refractivity (Wildman–Crippen MR) is 81.2 cm³/mol. The first-order chi connectivity index (χ1) is 9.69. The van der Waals surface area contributed by atoms with Gasteiger partial charge in [0.2, 0.25) is 5.91 Å². The predicted octanol–water partition coefficient (Wildman–Crippen LogP) is 3.76. The zero-order valence-corrected chi connectivity index (χ0v) is 12.7. The summed E-state index contributed by atoms with van der Waals surface area (Å²) in [4.78, 5) is 13.8. The number of ether oxygens (including phenoxy) is 1. The lowest BCUT2D eigenvalue weighted by Gasteiger charge is -2.32. The van der Waals surface area contributed by atoms with Gasteiger partial charge in [-0.05, 0) is 49.4 Å². The summed E-state index contributed by atoms with van der Waals surface area (Å²) in [5.41, 5.74) is 0. The topological polar surface area (TPSA) is 29.5 Å². The maximum absolute atomic E-state index is 11.8. The average molecular weight is 296 g/mol. The molecule has 1 aromatic carbocycles. The molecule has 0 atom stereocenters. The number of hydrogen-bond acceptors (Lipinski definition) is 2. The first-order valence-electron chi connectivity index (χ1n) is 7.35. The molecule has 1 aromatic rings. The second-order valence-corrected chi connectivity index (χ2v) is 5.78. The van der Waals surface area contributed by atoms with Crippen LogP contribution in [0, 0.1) is 5.92 Å². The smallest absolute Gasteiger partial charge is 0.222 e. The van der Waals surface area contributed by atoms with Crippen LogP contribution in [0.5, 0.6) is 5.75 Å². The van der Waals surface area contributed by atoms with E-state index in [0.29, 0.717) is 18.2 Å². The second-order valence-electron chi connectivity index (χ2n) is 5.34. The summed E-state index contributed by atoms with van der Waals surface area (Å²) in [6.07, 6.45) is 3.66. The Morgan fingerprint density at radius 3 is 2.55 bits per heavy atom. The number of halogens is 1. The van der Waals surface area contributed by atoms with Crippen LogP contribution in [-0.4, -0.2) is 30.5 Å². The van der Waals surface area contributed by atoms with E-state index < -0.39 is 0 Å². The molecule has 4 heteroatoms. The molecule has 0 N–H and O–H groups in total. The molecule has 0 aliphatic carbocycles. The van der Waals surface area contributed by atoms with Crippen LogP contribution < -0.4 is 4.74 Å². The number of amides is 1. The van der Waals surface area contributed by atoms with Crippen molar-refractivity contribution in [1.82, 2.24) is 4.90 Å². The maximum atomic E-state index is 11.8. The van der Waals surface area contributed by atoms with E-state index in [4.69, 9.17) is 16.3 Å². The molecule has 1 saturated heterocycles. The zero-order valence-electron chi connectivity index (χ0n) is 12.0. The quantitative estimate of drug-likeness (QED) is 0.828. The van der Waals surface area contributed by atoms with E-state index in [1.165, 1.54) is 0 Å². The van der Waals surface area contributed by atoms with E-state index in [2.05, 4.69) is 0 Å². The number of rotatable bonds is 5. The van der Waals surface area contributed by atoms with Gasteiger partial charge in [0.1, 0.15) is 5.75 Å². The monoisotopic (exact) mass is 295 g/mol. The van der Waals surface area contributed by atoms with Gasteiger partial charge in [-0.15, -0.1) is 0 Å². The van der Waals surface area contributed by atoms with Crippen LogP contribution in [0.2, 0.25) is 5.02 Å². The number of hydrogen-bond donors (Lipinski definition) is 0. The van der Waals surface area contributed by atoms with Crippen LogP contribution in [0.3, 0.4) is 0 Å². The standard InChI is InChI=1S/C16H22ClNO2/c1-2-3-16(19)18-10-8-13(9-11-18)12-20-15-6-4-14(17)5-7-15/h4-7,13H,2-3,8-12H2,1H3. The second kappa shape index (κ2) is 7.53. The van der Waals surface area contributed by atoms with E-state index in [1.54, 1.807) is 0 Å². The first-order valence-corrected chi connectivity index (χ1v) is 7.73. The molecule has 1 amide bonds. The Balaban J connectivity index is 1.72. The molecule has 1 heterocycles. The minimum Gasteiger partial charge on any atom is -0.493 e. The minimum atomic E-state index is 0.296. The number of piperidine rings is 1. The summed E-state index contributed by atoms with van der Waals surface area (Å²) in [5, 5.41) is 0.722. The van der Waals surface area contributed by atoms with Gasteiger partial charge >= 0.3 is 0 Å². The highest BCUT2D eigenvalue weighted by atomic mass is 35.5. The maximum Gasteiger partial charge on any atom is 0.222 e. The molecule has 0 unspecified atom stereocenters. The molecule has 1 aliphatic rings. The van der Waals surface area contributed by atoms with Gasteiger partial charge in [-0.1, -0.05) is 18.5 Å². The van der Waals surface area contributed by atoms with Gasteiger partial charge in [0.15, 0.2) is 0 Å². The van der Waals surface area contributed by atoms with Crippen molar-refractivity contribution in [3.63, 3.8) is 0 Å². The van der Waals surface area contributed by atoms with E-state index in [1.807, 2.05) is 36.1 Å². The van der Waals surface area contributed by atoms with Crippen molar-refractivity contribution in [2.75, 3.05) is 19.7 Å². The van der Waals surface area contributed by atoms with E-state index in [-0.39, 0.29) is 0 Å². The molecule has 1 aliphatic heterocycles. The number of nitrogens with zero attached hydrogens (tertiary/aromatic N) is 1. The lowest BCUT2D eigenvalue weighted by atomic mass is 9.97. The van der Waals surface area contributed by atoms with Crippen molar-refractivity contribution in [3.05, 3.63) is 29.3 Å². The lowest BCUT2D eigenvalue weighted by Crippen LogP contribution is -2.39. The zero-order chi connectivity index (χ0) is 14.4. The molecule has 0 bridgehead atoms.